The number of nitrogens with zero attached hydrogens (tertiary/aromatic N) is 2. The van der Waals surface area contributed by atoms with Crippen molar-refractivity contribution in [3.63, 3.8) is 0 Å². The molecule has 0 amide bonds. The fourth-order valence-corrected chi connectivity index (χ4v) is 3.90. The molecule has 29 heavy (non-hydrogen) atoms. The zero-order valence-corrected chi connectivity index (χ0v) is 16.0. The summed E-state index contributed by atoms with van der Waals surface area (Å²) in [5, 5.41) is 18.9. The van der Waals surface area contributed by atoms with Gasteiger partial charge in [0, 0.05) is 11.1 Å². The topological polar surface area (TPSA) is 153 Å². The second-order valence-electron chi connectivity index (χ2n) is 6.18. The summed E-state index contributed by atoms with van der Waals surface area (Å²) in [6.45, 7) is 1.84. The molecule has 0 aliphatic rings. The normalized spacial score (nSPS) is 10.7. The Morgan fingerprint density at radius 1 is 1.00 bits per heavy atom. The van der Waals surface area contributed by atoms with Crippen LogP contribution in [0, 0.1) is 29.6 Å². The van der Waals surface area contributed by atoms with Gasteiger partial charge in [-0.25, -0.2) is 8.42 Å². The van der Waals surface area contributed by atoms with E-state index in [0.29, 0.717) is 0 Å². The third kappa shape index (κ3) is 3.68. The molecule has 1 aromatic heterocycles. The summed E-state index contributed by atoms with van der Waals surface area (Å²) in [4.78, 5) is 14.5. The maximum atomic E-state index is 12.8. The van der Waals surface area contributed by atoms with Gasteiger partial charge >= 0.3 is 0 Å². The number of sulfonamides is 1. The summed E-state index contributed by atoms with van der Waals surface area (Å²) >= 11 is 0. The summed E-state index contributed by atoms with van der Waals surface area (Å²) in [5.41, 5.74) is 5.69. The van der Waals surface area contributed by atoms with E-state index in [2.05, 4.69) is 9.71 Å². The van der Waals surface area contributed by atoms with Gasteiger partial charge in [-0.05, 0) is 25.1 Å². The van der Waals surface area contributed by atoms with E-state index in [1.807, 2.05) is 13.0 Å². The van der Waals surface area contributed by atoms with E-state index in [4.69, 9.17) is 5.73 Å². The number of hydrogen-bond acceptors (Lipinski definition) is 6. The first-order chi connectivity index (χ1) is 13.8. The average Bonchev–Trinajstić information content (AvgIpc) is 2.68. The van der Waals surface area contributed by atoms with Crippen molar-refractivity contribution in [2.45, 2.75) is 11.8 Å². The van der Waals surface area contributed by atoms with E-state index < -0.39 is 15.6 Å². The Balaban J connectivity index is 2.23. The van der Waals surface area contributed by atoms with Crippen LogP contribution >= 0.6 is 0 Å². The lowest BCUT2D eigenvalue weighted by Gasteiger charge is -2.15. The molecule has 0 spiro atoms. The number of H-pyrrole nitrogens is 1. The predicted molar refractivity (Wildman–Crippen MR) is 108 cm³/mol. The molecule has 8 nitrogen and oxygen atoms in total. The average molecular weight is 405 g/mol. The van der Waals surface area contributed by atoms with Gasteiger partial charge in [0.2, 0.25) is 0 Å². The van der Waals surface area contributed by atoms with Crippen molar-refractivity contribution in [1.82, 2.24) is 4.98 Å². The number of aryl methyl sites for hydroxylation is 1. The quantitative estimate of drug-likeness (QED) is 0.606. The van der Waals surface area contributed by atoms with Crippen LogP contribution in [0.4, 0.5) is 11.5 Å². The van der Waals surface area contributed by atoms with Crippen molar-refractivity contribution in [1.29, 1.82) is 10.5 Å². The molecule has 0 aliphatic carbocycles. The van der Waals surface area contributed by atoms with Crippen LogP contribution in [0.3, 0.4) is 0 Å². The van der Waals surface area contributed by atoms with Crippen LogP contribution in [-0.2, 0) is 10.0 Å². The molecule has 0 atom stereocenters. The summed E-state index contributed by atoms with van der Waals surface area (Å²) in [6, 6.07) is 16.1. The fourth-order valence-electron chi connectivity index (χ4n) is 2.82. The van der Waals surface area contributed by atoms with Crippen LogP contribution in [-0.4, -0.2) is 13.4 Å². The highest BCUT2D eigenvalue weighted by Crippen LogP contribution is 2.34. The molecule has 3 rings (SSSR count). The van der Waals surface area contributed by atoms with E-state index in [9.17, 15) is 23.7 Å². The number of rotatable bonds is 4. The predicted octanol–water partition coefficient (Wildman–Crippen LogP) is 2.48. The molecule has 0 saturated heterocycles. The minimum atomic E-state index is -3.95. The van der Waals surface area contributed by atoms with Gasteiger partial charge in [-0.3, -0.25) is 9.52 Å². The van der Waals surface area contributed by atoms with Crippen LogP contribution in [0.2, 0.25) is 0 Å². The van der Waals surface area contributed by atoms with Crippen molar-refractivity contribution in [3.05, 3.63) is 75.6 Å². The highest BCUT2D eigenvalue weighted by Gasteiger charge is 2.22. The number of pyridine rings is 1. The lowest BCUT2D eigenvalue weighted by molar-refractivity contribution is 0.601. The van der Waals surface area contributed by atoms with Crippen molar-refractivity contribution in [3.8, 4) is 23.3 Å². The summed E-state index contributed by atoms with van der Waals surface area (Å²) in [7, 11) is -3.95. The highest BCUT2D eigenvalue weighted by molar-refractivity contribution is 7.92. The van der Waals surface area contributed by atoms with E-state index >= 15 is 0 Å². The molecule has 0 fully saturated rings. The molecule has 0 saturated carbocycles. The summed E-state index contributed by atoms with van der Waals surface area (Å²) in [6.07, 6.45) is 0. The van der Waals surface area contributed by atoms with Gasteiger partial charge in [0.1, 0.15) is 29.1 Å². The lowest BCUT2D eigenvalue weighted by Crippen LogP contribution is -2.18. The molecule has 2 aromatic carbocycles. The van der Waals surface area contributed by atoms with E-state index in [0.717, 1.165) is 5.56 Å². The molecule has 1 heterocycles. The number of aromatic amines is 1. The first kappa shape index (κ1) is 19.7. The van der Waals surface area contributed by atoms with Gasteiger partial charge in [0.15, 0.2) is 0 Å². The number of aromatic nitrogens is 1. The number of nitrogens with one attached hydrogen (secondary N) is 2. The van der Waals surface area contributed by atoms with Crippen LogP contribution in [0.25, 0.3) is 11.1 Å². The third-order valence-corrected chi connectivity index (χ3v) is 5.62. The third-order valence-electron chi connectivity index (χ3n) is 4.24. The molecule has 0 bridgehead atoms. The van der Waals surface area contributed by atoms with Gasteiger partial charge in [0.05, 0.1) is 10.6 Å². The minimum Gasteiger partial charge on any atom is -0.384 e. The van der Waals surface area contributed by atoms with E-state index in [-0.39, 0.29) is 38.7 Å². The van der Waals surface area contributed by atoms with Crippen molar-refractivity contribution in [2.75, 3.05) is 10.5 Å². The number of benzene rings is 2. The standard InChI is InChI=1S/C20H15N5O3S/c1-12-6-8-13(9-7-12)29(27,28)25-17-5-3-2-4-14(17)18-15(10-21)19(23)24-20(26)16(18)11-22/h2-9,25H,1H3,(H3,23,24,26). The molecule has 0 radical (unpaired) electrons. The molecule has 0 unspecified atom stereocenters. The zero-order chi connectivity index (χ0) is 21.2. The summed E-state index contributed by atoms with van der Waals surface area (Å²) in [5.74, 6) is -0.206. The van der Waals surface area contributed by atoms with Gasteiger partial charge < -0.3 is 10.7 Å². The molecule has 4 N–H and O–H groups in total. The number of para-hydroxylation sites is 1. The van der Waals surface area contributed by atoms with Gasteiger partial charge in [0.25, 0.3) is 15.6 Å². The second-order valence-corrected chi connectivity index (χ2v) is 7.86. The first-order valence-corrected chi connectivity index (χ1v) is 9.81. The number of nitrogens with two attached hydrogens (primary N) is 1. The Bertz CT molecular complexity index is 1340. The minimum absolute atomic E-state index is 0.0292. The first-order valence-electron chi connectivity index (χ1n) is 8.33. The van der Waals surface area contributed by atoms with Gasteiger partial charge in [-0.2, -0.15) is 10.5 Å². The van der Waals surface area contributed by atoms with Crippen LogP contribution in [0.15, 0.2) is 58.2 Å². The molecule has 3 aromatic rings. The number of anilines is 2. The fraction of sp³-hybridized carbons (Fsp3) is 0.0500. The van der Waals surface area contributed by atoms with Gasteiger partial charge in [-0.1, -0.05) is 35.9 Å². The van der Waals surface area contributed by atoms with Crippen molar-refractivity contribution >= 4 is 21.5 Å². The van der Waals surface area contributed by atoms with Crippen LogP contribution in [0.5, 0.6) is 0 Å². The van der Waals surface area contributed by atoms with E-state index in [1.54, 1.807) is 30.3 Å². The van der Waals surface area contributed by atoms with Crippen molar-refractivity contribution in [2.24, 2.45) is 0 Å². The SMILES string of the molecule is Cc1ccc(S(=O)(=O)Nc2ccccc2-c2c(C#N)c(N)[nH]c(=O)c2C#N)cc1. The van der Waals surface area contributed by atoms with Gasteiger partial charge in [-0.15, -0.1) is 0 Å². The number of nitrogen functional groups attached to an aromatic ring is 1. The summed E-state index contributed by atoms with van der Waals surface area (Å²) < 4.78 is 28.1. The molecule has 9 heteroatoms. The van der Waals surface area contributed by atoms with E-state index in [1.165, 1.54) is 24.3 Å². The van der Waals surface area contributed by atoms with Crippen LogP contribution in [0.1, 0.15) is 16.7 Å². The molecule has 0 aliphatic heterocycles. The maximum absolute atomic E-state index is 12.8. The smallest absolute Gasteiger partial charge is 0.268 e. The molecule has 144 valence electrons. The maximum Gasteiger partial charge on any atom is 0.268 e. The lowest BCUT2D eigenvalue weighted by atomic mass is 9.95. The second kappa shape index (κ2) is 7.50. The Kier molecular flexibility index (Phi) is 5.09. The molecular formula is C20H15N5O3S. The number of nitriles is 2. The zero-order valence-electron chi connectivity index (χ0n) is 15.2. The highest BCUT2D eigenvalue weighted by atomic mass is 32.2. The van der Waals surface area contributed by atoms with Crippen LogP contribution < -0.4 is 16.0 Å². The Morgan fingerprint density at radius 3 is 2.24 bits per heavy atom. The molecular weight excluding hydrogens is 390 g/mol. The monoisotopic (exact) mass is 405 g/mol. The largest absolute Gasteiger partial charge is 0.384 e. The Hall–Kier alpha value is -4.08. The Labute approximate surface area is 166 Å². The number of hydrogen-bond donors (Lipinski definition) is 3. The Morgan fingerprint density at radius 2 is 1.62 bits per heavy atom. The van der Waals surface area contributed by atoms with Crippen molar-refractivity contribution < 1.29 is 8.42 Å².